The number of nitrogens with two attached hydrogens (primary N) is 1. The first-order valence-corrected chi connectivity index (χ1v) is 7.22. The van der Waals surface area contributed by atoms with E-state index in [1.807, 2.05) is 43.3 Å². The molecule has 0 fully saturated rings. The molecule has 0 saturated carbocycles. The molecule has 0 unspecified atom stereocenters. The molecular formula is C16H18BrNO. The summed E-state index contributed by atoms with van der Waals surface area (Å²) in [5, 5.41) is 0. The van der Waals surface area contributed by atoms with Crippen molar-refractivity contribution in [1.82, 2.24) is 0 Å². The Bertz CT molecular complexity index is 566. The number of hydrogen-bond donors (Lipinski definition) is 1. The maximum Gasteiger partial charge on any atom is 0.130 e. The monoisotopic (exact) mass is 319 g/mol. The summed E-state index contributed by atoms with van der Waals surface area (Å²) in [5.74, 6) is 1.72. The lowest BCUT2D eigenvalue weighted by molar-refractivity contribution is 0.476. The third kappa shape index (κ3) is 3.37. The van der Waals surface area contributed by atoms with E-state index in [2.05, 4.69) is 28.9 Å². The summed E-state index contributed by atoms with van der Waals surface area (Å²) in [7, 11) is 0. The van der Waals surface area contributed by atoms with Gasteiger partial charge in [-0.1, -0.05) is 47.1 Å². The quantitative estimate of drug-likeness (QED) is 0.876. The van der Waals surface area contributed by atoms with Crippen LogP contribution in [-0.4, -0.2) is 0 Å². The van der Waals surface area contributed by atoms with Gasteiger partial charge in [0.25, 0.3) is 0 Å². The minimum atomic E-state index is 0.00588. The molecule has 0 saturated heterocycles. The lowest BCUT2D eigenvalue weighted by Crippen LogP contribution is -2.05. The summed E-state index contributed by atoms with van der Waals surface area (Å²) < 4.78 is 6.93. The number of ether oxygens (including phenoxy) is 1. The van der Waals surface area contributed by atoms with Gasteiger partial charge in [0.05, 0.1) is 0 Å². The van der Waals surface area contributed by atoms with Crippen molar-refractivity contribution in [2.75, 3.05) is 0 Å². The van der Waals surface area contributed by atoms with Crippen LogP contribution in [0, 0.1) is 0 Å². The van der Waals surface area contributed by atoms with Crippen molar-refractivity contribution >= 4 is 15.9 Å². The van der Waals surface area contributed by atoms with Gasteiger partial charge in [0.2, 0.25) is 0 Å². The van der Waals surface area contributed by atoms with Crippen LogP contribution in [0.25, 0.3) is 0 Å². The summed E-state index contributed by atoms with van der Waals surface area (Å²) in [4.78, 5) is 0. The molecule has 0 spiro atoms. The van der Waals surface area contributed by atoms with E-state index in [-0.39, 0.29) is 6.04 Å². The van der Waals surface area contributed by atoms with Crippen LogP contribution in [0.15, 0.2) is 46.9 Å². The summed E-state index contributed by atoms with van der Waals surface area (Å²) in [5.41, 5.74) is 8.18. The molecule has 0 heterocycles. The Kier molecular flexibility index (Phi) is 4.61. The standard InChI is InChI=1S/C16H18BrNO/c1-3-12-6-4-5-7-16(12)19-13-8-9-14(11(2)18)15(17)10-13/h4-11H,3,18H2,1-2H3/t11-/m1/s1. The van der Waals surface area contributed by atoms with E-state index in [1.165, 1.54) is 5.56 Å². The fourth-order valence-corrected chi connectivity index (χ4v) is 2.68. The van der Waals surface area contributed by atoms with Gasteiger partial charge < -0.3 is 10.5 Å². The van der Waals surface area contributed by atoms with Crippen LogP contribution in [0.1, 0.15) is 31.0 Å². The molecule has 2 rings (SSSR count). The van der Waals surface area contributed by atoms with Crippen LogP contribution < -0.4 is 10.5 Å². The van der Waals surface area contributed by atoms with Gasteiger partial charge in [0.15, 0.2) is 0 Å². The Hall–Kier alpha value is -1.32. The number of rotatable bonds is 4. The predicted octanol–water partition coefficient (Wildman–Crippen LogP) is 4.82. The van der Waals surface area contributed by atoms with Gasteiger partial charge in [-0.3, -0.25) is 0 Å². The second-order valence-corrected chi connectivity index (χ2v) is 5.39. The van der Waals surface area contributed by atoms with Crippen LogP contribution in [0.5, 0.6) is 11.5 Å². The summed E-state index contributed by atoms with van der Waals surface area (Å²) in [6.45, 7) is 4.09. The molecular weight excluding hydrogens is 302 g/mol. The normalized spacial score (nSPS) is 12.2. The van der Waals surface area contributed by atoms with E-state index in [9.17, 15) is 0 Å². The highest BCUT2D eigenvalue weighted by molar-refractivity contribution is 9.10. The van der Waals surface area contributed by atoms with Crippen molar-refractivity contribution in [3.8, 4) is 11.5 Å². The smallest absolute Gasteiger partial charge is 0.130 e. The highest BCUT2D eigenvalue weighted by Crippen LogP contribution is 2.31. The SMILES string of the molecule is CCc1ccccc1Oc1ccc([C@@H](C)N)c(Br)c1. The molecule has 0 aromatic heterocycles. The minimum absolute atomic E-state index is 0.00588. The molecule has 0 bridgehead atoms. The first kappa shape index (κ1) is 14.1. The molecule has 0 amide bonds. The topological polar surface area (TPSA) is 35.2 Å². The molecule has 0 aliphatic carbocycles. The van der Waals surface area contributed by atoms with E-state index >= 15 is 0 Å². The van der Waals surface area contributed by atoms with Crippen LogP contribution >= 0.6 is 15.9 Å². The van der Waals surface area contributed by atoms with Crippen LogP contribution in [0.4, 0.5) is 0 Å². The molecule has 2 N–H and O–H groups in total. The Morgan fingerprint density at radius 2 is 1.95 bits per heavy atom. The van der Waals surface area contributed by atoms with Crippen LogP contribution in [-0.2, 0) is 6.42 Å². The van der Waals surface area contributed by atoms with E-state index < -0.39 is 0 Å². The molecule has 0 radical (unpaired) electrons. The zero-order chi connectivity index (χ0) is 13.8. The van der Waals surface area contributed by atoms with Gasteiger partial charge in [0.1, 0.15) is 11.5 Å². The Labute approximate surface area is 122 Å². The van der Waals surface area contributed by atoms with E-state index in [0.29, 0.717) is 0 Å². The Morgan fingerprint density at radius 3 is 2.58 bits per heavy atom. The zero-order valence-electron chi connectivity index (χ0n) is 11.2. The predicted molar refractivity (Wildman–Crippen MR) is 82.6 cm³/mol. The van der Waals surface area contributed by atoms with Crippen molar-refractivity contribution in [1.29, 1.82) is 0 Å². The largest absolute Gasteiger partial charge is 0.457 e. The van der Waals surface area contributed by atoms with Crippen LogP contribution in [0.3, 0.4) is 0 Å². The average Bonchev–Trinajstić information content (AvgIpc) is 2.39. The molecule has 2 aromatic rings. The fraction of sp³-hybridized carbons (Fsp3) is 0.250. The van der Waals surface area contributed by atoms with Crippen molar-refractivity contribution in [3.63, 3.8) is 0 Å². The third-order valence-electron chi connectivity index (χ3n) is 3.04. The first-order chi connectivity index (χ1) is 9.11. The molecule has 3 heteroatoms. The summed E-state index contributed by atoms with van der Waals surface area (Å²) >= 11 is 3.54. The van der Waals surface area contributed by atoms with Gasteiger partial charge in [-0.2, -0.15) is 0 Å². The molecule has 0 aliphatic rings. The number of halogens is 1. The van der Waals surface area contributed by atoms with E-state index in [4.69, 9.17) is 10.5 Å². The lowest BCUT2D eigenvalue weighted by Gasteiger charge is -2.13. The maximum absolute atomic E-state index is 5.95. The second-order valence-electron chi connectivity index (χ2n) is 4.54. The summed E-state index contributed by atoms with van der Waals surface area (Å²) in [6, 6.07) is 14.0. The molecule has 1 atom stereocenters. The van der Waals surface area contributed by atoms with E-state index in [0.717, 1.165) is 28.0 Å². The van der Waals surface area contributed by atoms with Crippen molar-refractivity contribution in [2.24, 2.45) is 5.73 Å². The van der Waals surface area contributed by atoms with Crippen LogP contribution in [0.2, 0.25) is 0 Å². The highest BCUT2D eigenvalue weighted by atomic mass is 79.9. The average molecular weight is 320 g/mol. The molecule has 100 valence electrons. The van der Waals surface area contributed by atoms with Crippen molar-refractivity contribution < 1.29 is 4.74 Å². The van der Waals surface area contributed by atoms with E-state index in [1.54, 1.807) is 0 Å². The third-order valence-corrected chi connectivity index (χ3v) is 3.73. The zero-order valence-corrected chi connectivity index (χ0v) is 12.8. The maximum atomic E-state index is 5.95. The van der Waals surface area contributed by atoms with Crippen molar-refractivity contribution in [2.45, 2.75) is 26.3 Å². The lowest BCUT2D eigenvalue weighted by atomic mass is 10.1. The molecule has 2 nitrogen and oxygen atoms in total. The summed E-state index contributed by atoms with van der Waals surface area (Å²) in [6.07, 6.45) is 0.954. The Balaban J connectivity index is 2.26. The van der Waals surface area contributed by atoms with Crippen molar-refractivity contribution in [3.05, 3.63) is 58.1 Å². The number of aryl methyl sites for hydroxylation is 1. The first-order valence-electron chi connectivity index (χ1n) is 6.42. The number of benzene rings is 2. The highest BCUT2D eigenvalue weighted by Gasteiger charge is 2.08. The molecule has 2 aromatic carbocycles. The molecule has 0 aliphatic heterocycles. The van der Waals surface area contributed by atoms with Gasteiger partial charge in [-0.05, 0) is 42.7 Å². The molecule has 19 heavy (non-hydrogen) atoms. The second kappa shape index (κ2) is 6.22. The van der Waals surface area contributed by atoms with Gasteiger partial charge >= 0.3 is 0 Å². The van der Waals surface area contributed by atoms with Gasteiger partial charge in [0, 0.05) is 10.5 Å². The Morgan fingerprint density at radius 1 is 1.21 bits per heavy atom. The van der Waals surface area contributed by atoms with Gasteiger partial charge in [-0.25, -0.2) is 0 Å². The fourth-order valence-electron chi connectivity index (χ4n) is 1.96. The number of para-hydroxylation sites is 1. The number of hydrogen-bond acceptors (Lipinski definition) is 2. The minimum Gasteiger partial charge on any atom is -0.457 e. The van der Waals surface area contributed by atoms with Gasteiger partial charge in [-0.15, -0.1) is 0 Å².